The first-order chi connectivity index (χ1) is 11.8. The molecular weight excluding hydrogens is 306 g/mol. The zero-order valence-electron chi connectivity index (χ0n) is 13.7. The third kappa shape index (κ3) is 3.22. The maximum atomic E-state index is 12.3. The molecule has 2 fully saturated rings. The minimum atomic E-state index is -0.0522. The summed E-state index contributed by atoms with van der Waals surface area (Å²) in [5, 5.41) is 0.649. The van der Waals surface area contributed by atoms with Crippen molar-refractivity contribution in [3.8, 4) is 0 Å². The van der Waals surface area contributed by atoms with Gasteiger partial charge in [-0.05, 0) is 31.5 Å². The minimum Gasteiger partial charge on any atom is -0.379 e. The number of benzene rings is 1. The highest BCUT2D eigenvalue weighted by Crippen LogP contribution is 2.30. The first-order valence-electron chi connectivity index (χ1n) is 8.70. The number of nitrogens with one attached hydrogen (secondary N) is 1. The Hall–Kier alpha value is -1.76. The number of hydrogen-bond donors (Lipinski definition) is 1. The van der Waals surface area contributed by atoms with Crippen LogP contribution in [-0.2, 0) is 9.47 Å². The van der Waals surface area contributed by atoms with Crippen molar-refractivity contribution in [2.75, 3.05) is 39.5 Å². The average molecular weight is 329 g/mol. The second kappa shape index (κ2) is 7.01. The molecule has 0 saturated carbocycles. The summed E-state index contributed by atoms with van der Waals surface area (Å²) in [6.45, 7) is 4.79. The van der Waals surface area contributed by atoms with Gasteiger partial charge >= 0.3 is 0 Å². The summed E-state index contributed by atoms with van der Waals surface area (Å²) in [4.78, 5) is 22.5. The molecule has 0 spiro atoms. The van der Waals surface area contributed by atoms with E-state index in [2.05, 4.69) is 9.88 Å². The molecule has 2 aromatic rings. The largest absolute Gasteiger partial charge is 0.379 e. The summed E-state index contributed by atoms with van der Waals surface area (Å²) in [6.07, 6.45) is 2.14. The summed E-state index contributed by atoms with van der Waals surface area (Å²) in [5.74, 6) is 1.16. The van der Waals surface area contributed by atoms with Crippen molar-refractivity contribution < 1.29 is 9.47 Å². The number of hydrogen-bond acceptors (Lipinski definition) is 5. The molecule has 1 N–H and O–H groups in total. The van der Waals surface area contributed by atoms with Gasteiger partial charge in [-0.2, -0.15) is 0 Å². The Morgan fingerprint density at radius 1 is 1.21 bits per heavy atom. The molecule has 24 heavy (non-hydrogen) atoms. The molecule has 2 aliphatic heterocycles. The quantitative estimate of drug-likeness (QED) is 0.929. The summed E-state index contributed by atoms with van der Waals surface area (Å²) in [5.41, 5.74) is 0.716. The van der Waals surface area contributed by atoms with Gasteiger partial charge in [-0.25, -0.2) is 4.98 Å². The van der Waals surface area contributed by atoms with E-state index in [0.29, 0.717) is 24.5 Å². The van der Waals surface area contributed by atoms with Gasteiger partial charge in [0.2, 0.25) is 0 Å². The van der Waals surface area contributed by atoms with Gasteiger partial charge in [0.1, 0.15) is 5.82 Å². The molecule has 1 aromatic heterocycles. The highest BCUT2D eigenvalue weighted by Gasteiger charge is 2.30. The zero-order valence-corrected chi connectivity index (χ0v) is 13.7. The van der Waals surface area contributed by atoms with Crippen molar-refractivity contribution in [1.29, 1.82) is 0 Å². The fourth-order valence-electron chi connectivity index (χ4n) is 3.72. The van der Waals surface area contributed by atoms with Crippen LogP contribution in [0.4, 0.5) is 0 Å². The van der Waals surface area contributed by atoms with Crippen molar-refractivity contribution in [1.82, 2.24) is 14.9 Å². The van der Waals surface area contributed by atoms with Gasteiger partial charge < -0.3 is 14.5 Å². The van der Waals surface area contributed by atoms with Crippen LogP contribution in [0.5, 0.6) is 0 Å². The standard InChI is InChI=1S/C18H23N3O3/c22-18-14-4-1-2-5-15(14)19-17(20-18)16-6-3-7-21(16)10-13-11-23-8-9-24-12-13/h1-2,4-5,13,16H,3,6-12H2,(H,19,20,22). The van der Waals surface area contributed by atoms with E-state index in [1.165, 1.54) is 0 Å². The highest BCUT2D eigenvalue weighted by atomic mass is 16.5. The van der Waals surface area contributed by atoms with Crippen LogP contribution >= 0.6 is 0 Å². The van der Waals surface area contributed by atoms with Gasteiger partial charge in [-0.1, -0.05) is 12.1 Å². The Labute approximate surface area is 140 Å². The first-order valence-corrected chi connectivity index (χ1v) is 8.70. The Kier molecular flexibility index (Phi) is 4.60. The second-order valence-corrected chi connectivity index (χ2v) is 6.64. The van der Waals surface area contributed by atoms with Crippen molar-refractivity contribution in [3.63, 3.8) is 0 Å². The zero-order chi connectivity index (χ0) is 16.4. The molecule has 0 bridgehead atoms. The monoisotopic (exact) mass is 329 g/mol. The normalized spacial score (nSPS) is 23.6. The maximum Gasteiger partial charge on any atom is 0.258 e. The SMILES string of the molecule is O=c1[nH]c(C2CCCN2CC2COCCOC2)nc2ccccc12. The number of para-hydroxylation sites is 1. The predicted molar refractivity (Wildman–Crippen MR) is 91.0 cm³/mol. The van der Waals surface area contributed by atoms with Gasteiger partial charge in [0, 0.05) is 12.5 Å². The van der Waals surface area contributed by atoms with E-state index in [9.17, 15) is 4.79 Å². The van der Waals surface area contributed by atoms with Gasteiger partial charge in [-0.15, -0.1) is 0 Å². The van der Waals surface area contributed by atoms with Crippen LogP contribution in [0.15, 0.2) is 29.1 Å². The number of H-pyrrole nitrogens is 1. The molecular formula is C18H23N3O3. The third-order valence-corrected chi connectivity index (χ3v) is 4.88. The number of likely N-dealkylation sites (tertiary alicyclic amines) is 1. The third-order valence-electron chi connectivity index (χ3n) is 4.88. The minimum absolute atomic E-state index is 0.0522. The molecule has 3 heterocycles. The smallest absolute Gasteiger partial charge is 0.258 e. The topological polar surface area (TPSA) is 67.5 Å². The van der Waals surface area contributed by atoms with Crippen molar-refractivity contribution in [2.45, 2.75) is 18.9 Å². The molecule has 6 heteroatoms. The van der Waals surface area contributed by atoms with E-state index in [0.717, 1.165) is 50.5 Å². The van der Waals surface area contributed by atoms with E-state index in [1.54, 1.807) is 0 Å². The molecule has 1 unspecified atom stereocenters. The van der Waals surface area contributed by atoms with Gasteiger partial charge in [0.15, 0.2) is 0 Å². The molecule has 0 radical (unpaired) electrons. The predicted octanol–water partition coefficient (Wildman–Crippen LogP) is 1.72. The number of aromatic amines is 1. The van der Waals surface area contributed by atoms with Crippen molar-refractivity contribution in [2.24, 2.45) is 5.92 Å². The first kappa shape index (κ1) is 15.7. The van der Waals surface area contributed by atoms with Crippen LogP contribution < -0.4 is 5.56 Å². The summed E-state index contributed by atoms with van der Waals surface area (Å²) in [7, 11) is 0. The Balaban J connectivity index is 1.57. The number of rotatable bonds is 3. The van der Waals surface area contributed by atoms with Gasteiger partial charge in [0.25, 0.3) is 5.56 Å². The fraction of sp³-hybridized carbons (Fsp3) is 0.556. The van der Waals surface area contributed by atoms with Crippen molar-refractivity contribution >= 4 is 10.9 Å². The molecule has 4 rings (SSSR count). The van der Waals surface area contributed by atoms with Gasteiger partial charge in [-0.3, -0.25) is 9.69 Å². The van der Waals surface area contributed by atoms with Crippen LogP contribution in [0, 0.1) is 5.92 Å². The molecule has 128 valence electrons. The number of aromatic nitrogens is 2. The molecule has 6 nitrogen and oxygen atoms in total. The van der Waals surface area contributed by atoms with Crippen LogP contribution in [0.3, 0.4) is 0 Å². The lowest BCUT2D eigenvalue weighted by molar-refractivity contribution is 0.0984. The second-order valence-electron chi connectivity index (χ2n) is 6.64. The van der Waals surface area contributed by atoms with Crippen LogP contribution in [-0.4, -0.2) is 54.4 Å². The fourth-order valence-corrected chi connectivity index (χ4v) is 3.72. The van der Waals surface area contributed by atoms with Gasteiger partial charge in [0.05, 0.1) is 43.4 Å². The average Bonchev–Trinajstić information content (AvgIpc) is 2.90. The maximum absolute atomic E-state index is 12.3. The Bertz CT molecular complexity index is 753. The Morgan fingerprint density at radius 2 is 2.00 bits per heavy atom. The van der Waals surface area contributed by atoms with Crippen LogP contribution in [0.25, 0.3) is 10.9 Å². The lowest BCUT2D eigenvalue weighted by Gasteiger charge is -2.27. The van der Waals surface area contributed by atoms with Crippen LogP contribution in [0.2, 0.25) is 0 Å². The number of nitrogens with zero attached hydrogens (tertiary/aromatic N) is 2. The Morgan fingerprint density at radius 3 is 2.83 bits per heavy atom. The molecule has 0 amide bonds. The number of ether oxygens (including phenoxy) is 2. The lowest BCUT2D eigenvalue weighted by atomic mass is 10.1. The lowest BCUT2D eigenvalue weighted by Crippen LogP contribution is -2.34. The van der Waals surface area contributed by atoms with Crippen molar-refractivity contribution in [3.05, 3.63) is 40.4 Å². The molecule has 1 aromatic carbocycles. The molecule has 1 atom stereocenters. The summed E-state index contributed by atoms with van der Waals surface area (Å²) >= 11 is 0. The van der Waals surface area contributed by atoms with E-state index in [-0.39, 0.29) is 11.6 Å². The molecule has 2 aliphatic rings. The van der Waals surface area contributed by atoms with E-state index in [1.807, 2.05) is 24.3 Å². The highest BCUT2D eigenvalue weighted by molar-refractivity contribution is 5.77. The van der Waals surface area contributed by atoms with E-state index in [4.69, 9.17) is 14.5 Å². The van der Waals surface area contributed by atoms with Crippen LogP contribution in [0.1, 0.15) is 24.7 Å². The van der Waals surface area contributed by atoms with E-state index >= 15 is 0 Å². The number of fused-ring (bicyclic) bond motifs is 1. The molecule has 2 saturated heterocycles. The van der Waals surface area contributed by atoms with E-state index < -0.39 is 0 Å². The summed E-state index contributed by atoms with van der Waals surface area (Å²) in [6, 6.07) is 7.68. The molecule has 0 aliphatic carbocycles. The summed E-state index contributed by atoms with van der Waals surface area (Å²) < 4.78 is 11.2.